The molecule has 0 fully saturated rings. The van der Waals surface area contributed by atoms with Crippen LogP contribution in [0.15, 0.2) is 24.3 Å². The molecule has 1 aromatic rings. The fraction of sp³-hybridized carbons (Fsp3) is 0.467. The summed E-state index contributed by atoms with van der Waals surface area (Å²) in [4.78, 5) is 22.0. The van der Waals surface area contributed by atoms with E-state index in [-0.39, 0.29) is 18.1 Å². The maximum atomic E-state index is 12.0. The Kier molecular flexibility index (Phi) is 6.50. The summed E-state index contributed by atoms with van der Waals surface area (Å²) in [6, 6.07) is 7.34. The molecule has 112 valence electrons. The molecule has 0 spiro atoms. The van der Waals surface area contributed by atoms with Crippen molar-refractivity contribution in [1.82, 2.24) is 0 Å². The molecule has 0 heterocycles. The Morgan fingerprint density at radius 2 is 2.00 bits per heavy atom. The van der Waals surface area contributed by atoms with E-state index in [4.69, 9.17) is 10.00 Å². The van der Waals surface area contributed by atoms with Crippen molar-refractivity contribution in [3.8, 4) is 6.07 Å². The van der Waals surface area contributed by atoms with Crippen LogP contribution < -0.4 is 0 Å². The highest BCUT2D eigenvalue weighted by Crippen LogP contribution is 2.20. The summed E-state index contributed by atoms with van der Waals surface area (Å²) in [5, 5.41) is 19.7. The molecule has 0 aliphatic heterocycles. The number of rotatable bonds is 8. The Bertz CT molecular complexity index is 532. The number of ketones is 1. The van der Waals surface area contributed by atoms with Gasteiger partial charge in [0.25, 0.3) is 5.69 Å². The molecule has 21 heavy (non-hydrogen) atoms. The first-order valence-electron chi connectivity index (χ1n) is 6.70. The maximum Gasteiger partial charge on any atom is 0.269 e. The van der Waals surface area contributed by atoms with E-state index in [0.29, 0.717) is 18.1 Å². The second-order valence-electron chi connectivity index (χ2n) is 5.11. The summed E-state index contributed by atoms with van der Waals surface area (Å²) in [6.45, 7) is 4.46. The van der Waals surface area contributed by atoms with Crippen LogP contribution in [0.4, 0.5) is 5.69 Å². The first-order valence-corrected chi connectivity index (χ1v) is 6.70. The Hall–Kier alpha value is -2.26. The summed E-state index contributed by atoms with van der Waals surface area (Å²) in [5.74, 6) is -0.804. The van der Waals surface area contributed by atoms with Gasteiger partial charge >= 0.3 is 0 Å². The first-order chi connectivity index (χ1) is 9.95. The van der Waals surface area contributed by atoms with E-state index in [1.807, 2.05) is 6.07 Å². The third-order valence-corrected chi connectivity index (χ3v) is 2.97. The van der Waals surface area contributed by atoms with Crippen LogP contribution in [0.3, 0.4) is 0 Å². The van der Waals surface area contributed by atoms with Gasteiger partial charge in [-0.2, -0.15) is 5.26 Å². The predicted octanol–water partition coefficient (Wildman–Crippen LogP) is 2.83. The lowest BCUT2D eigenvalue weighted by molar-refractivity contribution is -0.384. The Morgan fingerprint density at radius 1 is 1.38 bits per heavy atom. The maximum absolute atomic E-state index is 12.0. The lowest BCUT2D eigenvalue weighted by Gasteiger charge is -2.10. The molecule has 0 N–H and O–H groups in total. The molecule has 0 aliphatic carbocycles. The van der Waals surface area contributed by atoms with Crippen LogP contribution in [-0.2, 0) is 9.53 Å². The molecule has 6 heteroatoms. The standard InChI is InChI=1S/C15H18N2O4/c1-11(2)7-8-21-10-15(18)14(9-16)12-3-5-13(6-4-12)17(19)20/h3-6,11,14H,7-8,10H2,1-2H3. The second-order valence-corrected chi connectivity index (χ2v) is 5.11. The van der Waals surface area contributed by atoms with Gasteiger partial charge in [-0.05, 0) is 17.9 Å². The van der Waals surface area contributed by atoms with Crippen LogP contribution in [-0.4, -0.2) is 23.9 Å². The van der Waals surface area contributed by atoms with Gasteiger partial charge in [0.05, 0.1) is 11.0 Å². The van der Waals surface area contributed by atoms with Gasteiger partial charge in [0, 0.05) is 18.7 Å². The number of carbonyl (C=O) groups excluding carboxylic acids is 1. The van der Waals surface area contributed by atoms with E-state index in [1.165, 1.54) is 24.3 Å². The molecule has 0 saturated heterocycles. The number of non-ortho nitro benzene ring substituents is 1. The average molecular weight is 290 g/mol. The van der Waals surface area contributed by atoms with Gasteiger partial charge in [0.1, 0.15) is 12.5 Å². The first kappa shape index (κ1) is 16.8. The number of nitro groups is 1. The SMILES string of the molecule is CC(C)CCOCC(=O)C(C#N)c1ccc([N+](=O)[O-])cc1. The molecule has 1 unspecified atom stereocenters. The van der Waals surface area contributed by atoms with Crippen LogP contribution in [0.25, 0.3) is 0 Å². The minimum Gasteiger partial charge on any atom is -0.374 e. The molecule has 0 bridgehead atoms. The monoisotopic (exact) mass is 290 g/mol. The Morgan fingerprint density at radius 3 is 2.48 bits per heavy atom. The summed E-state index contributed by atoms with van der Waals surface area (Å²) in [7, 11) is 0. The number of benzene rings is 1. The number of Topliss-reactive ketones (excluding diaryl/α,β-unsaturated/α-hetero) is 1. The van der Waals surface area contributed by atoms with Crippen molar-refractivity contribution >= 4 is 11.5 Å². The lowest BCUT2D eigenvalue weighted by atomic mass is 9.96. The third kappa shape index (κ3) is 5.32. The second kappa shape index (κ2) is 8.12. The van der Waals surface area contributed by atoms with Gasteiger partial charge in [-0.25, -0.2) is 0 Å². The van der Waals surface area contributed by atoms with Crippen molar-refractivity contribution < 1.29 is 14.5 Å². The predicted molar refractivity (Wildman–Crippen MR) is 76.7 cm³/mol. The van der Waals surface area contributed by atoms with Crippen LogP contribution >= 0.6 is 0 Å². The van der Waals surface area contributed by atoms with E-state index >= 15 is 0 Å². The van der Waals surface area contributed by atoms with Crippen molar-refractivity contribution in [3.63, 3.8) is 0 Å². The van der Waals surface area contributed by atoms with Gasteiger partial charge in [-0.15, -0.1) is 0 Å². The average Bonchev–Trinajstić information content (AvgIpc) is 2.44. The normalized spacial score (nSPS) is 11.9. The minimum absolute atomic E-state index is 0.0731. The molecule has 1 aromatic carbocycles. The molecule has 0 amide bonds. The number of carbonyl (C=O) groups is 1. The Labute approximate surface area is 123 Å². The smallest absolute Gasteiger partial charge is 0.269 e. The summed E-state index contributed by atoms with van der Waals surface area (Å²) in [6.07, 6.45) is 0.849. The minimum atomic E-state index is -0.954. The van der Waals surface area contributed by atoms with E-state index < -0.39 is 10.8 Å². The lowest BCUT2D eigenvalue weighted by Crippen LogP contribution is -2.18. The quantitative estimate of drug-likeness (QED) is 0.417. The van der Waals surface area contributed by atoms with E-state index in [1.54, 1.807) is 0 Å². The zero-order valence-corrected chi connectivity index (χ0v) is 12.1. The van der Waals surface area contributed by atoms with Gasteiger partial charge < -0.3 is 4.74 Å². The fourth-order valence-corrected chi connectivity index (χ4v) is 1.70. The van der Waals surface area contributed by atoms with Crippen molar-refractivity contribution in [2.75, 3.05) is 13.2 Å². The number of ether oxygens (including phenoxy) is 1. The van der Waals surface area contributed by atoms with E-state index in [9.17, 15) is 14.9 Å². The molecule has 0 aliphatic rings. The zero-order valence-electron chi connectivity index (χ0n) is 12.1. The van der Waals surface area contributed by atoms with Crippen LogP contribution in [0.2, 0.25) is 0 Å². The molecule has 1 rings (SSSR count). The number of nitriles is 1. The molecule has 0 aromatic heterocycles. The van der Waals surface area contributed by atoms with Crippen LogP contribution in [0, 0.1) is 27.4 Å². The van der Waals surface area contributed by atoms with Crippen molar-refractivity contribution in [2.24, 2.45) is 5.92 Å². The highest BCUT2D eigenvalue weighted by molar-refractivity contribution is 5.89. The molecule has 0 saturated carbocycles. The summed E-state index contributed by atoms with van der Waals surface area (Å²) < 4.78 is 5.26. The van der Waals surface area contributed by atoms with Crippen molar-refractivity contribution in [2.45, 2.75) is 26.2 Å². The zero-order chi connectivity index (χ0) is 15.8. The van der Waals surface area contributed by atoms with Crippen LogP contribution in [0.1, 0.15) is 31.7 Å². The van der Waals surface area contributed by atoms with E-state index in [2.05, 4.69) is 13.8 Å². The summed E-state index contributed by atoms with van der Waals surface area (Å²) in [5.41, 5.74) is 0.372. The van der Waals surface area contributed by atoms with Gasteiger partial charge in [0.15, 0.2) is 5.78 Å². The molecular formula is C15H18N2O4. The number of hydrogen-bond donors (Lipinski definition) is 0. The molecule has 0 radical (unpaired) electrons. The van der Waals surface area contributed by atoms with Gasteiger partial charge in [-0.3, -0.25) is 14.9 Å². The van der Waals surface area contributed by atoms with Crippen molar-refractivity contribution in [3.05, 3.63) is 39.9 Å². The highest BCUT2D eigenvalue weighted by atomic mass is 16.6. The topological polar surface area (TPSA) is 93.2 Å². The Balaban J connectivity index is 2.63. The third-order valence-electron chi connectivity index (χ3n) is 2.97. The molecule has 1 atom stereocenters. The largest absolute Gasteiger partial charge is 0.374 e. The highest BCUT2D eigenvalue weighted by Gasteiger charge is 2.21. The number of nitrogens with zero attached hydrogens (tertiary/aromatic N) is 2. The number of nitro benzene ring substituents is 1. The molecular weight excluding hydrogens is 272 g/mol. The van der Waals surface area contributed by atoms with Gasteiger partial charge in [0.2, 0.25) is 0 Å². The fourth-order valence-electron chi connectivity index (χ4n) is 1.70. The van der Waals surface area contributed by atoms with Gasteiger partial charge in [-0.1, -0.05) is 26.0 Å². The van der Waals surface area contributed by atoms with E-state index in [0.717, 1.165) is 6.42 Å². The summed E-state index contributed by atoms with van der Waals surface area (Å²) >= 11 is 0. The molecule has 6 nitrogen and oxygen atoms in total. The van der Waals surface area contributed by atoms with Crippen LogP contribution in [0.5, 0.6) is 0 Å². The number of hydrogen-bond acceptors (Lipinski definition) is 5. The van der Waals surface area contributed by atoms with Crippen molar-refractivity contribution in [1.29, 1.82) is 5.26 Å².